The van der Waals surface area contributed by atoms with Gasteiger partial charge >= 0.3 is 0 Å². The zero-order valence-electron chi connectivity index (χ0n) is 11.5. The van der Waals surface area contributed by atoms with Gasteiger partial charge < -0.3 is 5.32 Å². The van der Waals surface area contributed by atoms with Crippen LogP contribution in [0.2, 0.25) is 0 Å². The van der Waals surface area contributed by atoms with Gasteiger partial charge in [-0.2, -0.15) is 11.8 Å². The summed E-state index contributed by atoms with van der Waals surface area (Å²) < 4.78 is 28.1. The van der Waals surface area contributed by atoms with Gasteiger partial charge in [-0.05, 0) is 42.9 Å². The lowest BCUT2D eigenvalue weighted by Crippen LogP contribution is -2.35. The first kappa shape index (κ1) is 14.8. The third-order valence-corrected chi connectivity index (χ3v) is 7.78. The van der Waals surface area contributed by atoms with Gasteiger partial charge in [0.05, 0.1) is 0 Å². The van der Waals surface area contributed by atoms with Gasteiger partial charge in [-0.25, -0.2) is 13.1 Å². The van der Waals surface area contributed by atoms with E-state index in [0.29, 0.717) is 17.5 Å². The monoisotopic (exact) mass is 332 g/mol. The normalized spacial score (nSPS) is 23.4. The molecule has 1 saturated carbocycles. The van der Waals surface area contributed by atoms with E-state index in [4.69, 9.17) is 0 Å². The predicted molar refractivity (Wildman–Crippen MR) is 85.0 cm³/mol. The molecule has 1 saturated heterocycles. The van der Waals surface area contributed by atoms with Gasteiger partial charge in [-0.15, -0.1) is 11.3 Å². The highest BCUT2D eigenvalue weighted by molar-refractivity contribution is 7.99. The van der Waals surface area contributed by atoms with E-state index in [9.17, 15) is 8.42 Å². The van der Waals surface area contributed by atoms with Crippen LogP contribution in [0.4, 0.5) is 0 Å². The van der Waals surface area contributed by atoms with Crippen LogP contribution in [0.5, 0.6) is 0 Å². The molecule has 112 valence electrons. The maximum Gasteiger partial charge on any atom is 0.242 e. The maximum atomic E-state index is 12.6. The van der Waals surface area contributed by atoms with E-state index in [1.165, 1.54) is 12.8 Å². The fourth-order valence-electron chi connectivity index (χ4n) is 2.40. The summed E-state index contributed by atoms with van der Waals surface area (Å²) in [6.45, 7) is 2.55. The molecular weight excluding hydrogens is 312 g/mol. The Balaban J connectivity index is 1.77. The molecule has 1 aliphatic heterocycles. The maximum absolute atomic E-state index is 12.6. The molecule has 0 radical (unpaired) electrons. The molecule has 0 aromatic carbocycles. The summed E-state index contributed by atoms with van der Waals surface area (Å²) in [4.78, 5) is 1.44. The summed E-state index contributed by atoms with van der Waals surface area (Å²) in [5.41, 5.74) is 0.862. The van der Waals surface area contributed by atoms with Crippen molar-refractivity contribution in [1.29, 1.82) is 0 Å². The number of sulfonamides is 1. The van der Waals surface area contributed by atoms with Crippen LogP contribution >= 0.6 is 23.1 Å². The quantitative estimate of drug-likeness (QED) is 0.837. The fourth-order valence-corrected chi connectivity index (χ4v) is 6.69. The number of thioether (sulfide) groups is 1. The lowest BCUT2D eigenvalue weighted by molar-refractivity contribution is 0.561. The van der Waals surface area contributed by atoms with E-state index >= 15 is 0 Å². The molecule has 0 spiro atoms. The first-order chi connectivity index (χ1) is 9.56. The minimum absolute atomic E-state index is 0.0912. The summed E-state index contributed by atoms with van der Waals surface area (Å²) in [5, 5.41) is 5.35. The number of hydrogen-bond acceptors (Lipinski definition) is 5. The molecular formula is C13H20N2O2S3. The highest BCUT2D eigenvalue weighted by atomic mass is 32.2. The second-order valence-corrected chi connectivity index (χ2v) is 9.27. The van der Waals surface area contributed by atoms with Crippen LogP contribution < -0.4 is 10.0 Å². The molecule has 1 aromatic heterocycles. The van der Waals surface area contributed by atoms with E-state index in [1.54, 1.807) is 11.3 Å². The highest BCUT2D eigenvalue weighted by Gasteiger charge is 2.28. The Bertz CT molecular complexity index is 572. The van der Waals surface area contributed by atoms with E-state index < -0.39 is 10.0 Å². The van der Waals surface area contributed by atoms with Crippen molar-refractivity contribution in [3.63, 3.8) is 0 Å². The summed E-state index contributed by atoms with van der Waals surface area (Å²) in [6.07, 6.45) is 3.36. The Kier molecular flexibility index (Phi) is 4.42. The third kappa shape index (κ3) is 3.39. The lowest BCUT2D eigenvalue weighted by Gasteiger charge is -2.13. The molecule has 0 amide bonds. The van der Waals surface area contributed by atoms with Crippen molar-refractivity contribution in [1.82, 2.24) is 10.0 Å². The standard InChI is InChI=1S/C13H20N2O2S3/c1-9-7-19-12(6-14-10-2-3-10)13(9)20(16,17)15-11-4-5-18-8-11/h7,10-11,14-15H,2-6,8H2,1H3. The Hall–Kier alpha value is -0.0800. The van der Waals surface area contributed by atoms with Gasteiger partial charge in [0.2, 0.25) is 10.0 Å². The molecule has 0 bridgehead atoms. The van der Waals surface area contributed by atoms with Crippen LogP contribution in [-0.4, -0.2) is 32.0 Å². The molecule has 1 atom stereocenters. The predicted octanol–water partition coefficient (Wildman–Crippen LogP) is 2.09. The summed E-state index contributed by atoms with van der Waals surface area (Å²) in [7, 11) is -3.38. The van der Waals surface area contributed by atoms with E-state index in [1.807, 2.05) is 24.1 Å². The van der Waals surface area contributed by atoms with Crippen molar-refractivity contribution in [3.05, 3.63) is 15.8 Å². The molecule has 1 aliphatic carbocycles. The largest absolute Gasteiger partial charge is 0.309 e. The molecule has 2 aliphatic rings. The van der Waals surface area contributed by atoms with Crippen molar-refractivity contribution in [2.75, 3.05) is 11.5 Å². The van der Waals surface area contributed by atoms with Gasteiger partial charge in [-0.1, -0.05) is 0 Å². The second kappa shape index (κ2) is 5.96. The lowest BCUT2D eigenvalue weighted by atomic mass is 10.3. The highest BCUT2D eigenvalue weighted by Crippen LogP contribution is 2.29. The zero-order valence-corrected chi connectivity index (χ0v) is 14.0. The van der Waals surface area contributed by atoms with Crippen molar-refractivity contribution in [2.24, 2.45) is 0 Å². The van der Waals surface area contributed by atoms with E-state index in [-0.39, 0.29) is 6.04 Å². The van der Waals surface area contributed by atoms with Crippen molar-refractivity contribution in [2.45, 2.75) is 49.7 Å². The van der Waals surface area contributed by atoms with Crippen LogP contribution in [-0.2, 0) is 16.6 Å². The van der Waals surface area contributed by atoms with Crippen molar-refractivity contribution >= 4 is 33.1 Å². The molecule has 3 rings (SSSR count). The van der Waals surface area contributed by atoms with Crippen molar-refractivity contribution < 1.29 is 8.42 Å². The minimum atomic E-state index is -3.38. The van der Waals surface area contributed by atoms with Crippen LogP contribution in [0.15, 0.2) is 10.3 Å². The van der Waals surface area contributed by atoms with Gasteiger partial charge in [0, 0.05) is 29.3 Å². The molecule has 20 heavy (non-hydrogen) atoms. The topological polar surface area (TPSA) is 58.2 Å². The average molecular weight is 333 g/mol. The Morgan fingerprint density at radius 1 is 1.30 bits per heavy atom. The number of hydrogen-bond donors (Lipinski definition) is 2. The SMILES string of the molecule is Cc1csc(CNC2CC2)c1S(=O)(=O)NC1CCSC1. The molecule has 2 N–H and O–H groups in total. The molecule has 1 unspecified atom stereocenters. The summed E-state index contributed by atoms with van der Waals surface area (Å²) >= 11 is 3.36. The molecule has 2 heterocycles. The van der Waals surface area contributed by atoms with Crippen LogP contribution in [0.1, 0.15) is 29.7 Å². The number of rotatable bonds is 6. The van der Waals surface area contributed by atoms with Crippen LogP contribution in [0.3, 0.4) is 0 Å². The van der Waals surface area contributed by atoms with Gasteiger partial charge in [0.15, 0.2) is 0 Å². The number of nitrogens with one attached hydrogen (secondary N) is 2. The summed E-state index contributed by atoms with van der Waals surface area (Å²) in [5.74, 6) is 1.93. The smallest absolute Gasteiger partial charge is 0.242 e. The Morgan fingerprint density at radius 3 is 2.75 bits per heavy atom. The fraction of sp³-hybridized carbons (Fsp3) is 0.692. The van der Waals surface area contributed by atoms with E-state index in [0.717, 1.165) is 28.4 Å². The first-order valence-electron chi connectivity index (χ1n) is 6.96. The Labute approximate surface area is 128 Å². The minimum Gasteiger partial charge on any atom is -0.309 e. The second-order valence-electron chi connectivity index (χ2n) is 5.51. The third-order valence-electron chi connectivity index (χ3n) is 3.64. The average Bonchev–Trinajstić information content (AvgIpc) is 2.94. The molecule has 4 nitrogen and oxygen atoms in total. The van der Waals surface area contributed by atoms with Gasteiger partial charge in [0.1, 0.15) is 4.90 Å². The first-order valence-corrected chi connectivity index (χ1v) is 10.5. The van der Waals surface area contributed by atoms with Crippen LogP contribution in [0.25, 0.3) is 0 Å². The van der Waals surface area contributed by atoms with Crippen molar-refractivity contribution in [3.8, 4) is 0 Å². The number of thiophene rings is 1. The van der Waals surface area contributed by atoms with E-state index in [2.05, 4.69) is 10.0 Å². The molecule has 1 aromatic rings. The molecule has 2 fully saturated rings. The summed E-state index contributed by atoms with van der Waals surface area (Å²) in [6, 6.07) is 0.681. The van der Waals surface area contributed by atoms with Crippen LogP contribution in [0, 0.1) is 6.92 Å². The Morgan fingerprint density at radius 2 is 2.10 bits per heavy atom. The number of aryl methyl sites for hydroxylation is 1. The van der Waals surface area contributed by atoms with Gasteiger partial charge in [-0.3, -0.25) is 0 Å². The zero-order chi connectivity index (χ0) is 14.2. The van der Waals surface area contributed by atoms with Gasteiger partial charge in [0.25, 0.3) is 0 Å². The molecule has 7 heteroatoms.